The molecule has 2 spiro atoms. The smallest absolute Gasteiger partial charge is 0.321 e. The quantitative estimate of drug-likeness (QED) is 0.571. The zero-order chi connectivity index (χ0) is 23.2. The molecule has 32 heavy (non-hydrogen) atoms. The number of carbonyl (C=O) groups excluding carboxylic acids is 1. The molecule has 1 aliphatic carbocycles. The topological polar surface area (TPSA) is 78.4 Å². The van der Waals surface area contributed by atoms with E-state index in [4.69, 9.17) is 23.2 Å². The molecule has 0 aromatic heterocycles. The highest BCUT2D eigenvalue weighted by Crippen LogP contribution is 2.72. The van der Waals surface area contributed by atoms with Crippen molar-refractivity contribution in [3.63, 3.8) is 0 Å². The van der Waals surface area contributed by atoms with E-state index in [9.17, 15) is 19.1 Å². The third-order valence-electron chi connectivity index (χ3n) is 7.45. The Balaban J connectivity index is 1.84. The number of rotatable bonds is 2. The molecule has 0 radical (unpaired) electrons. The van der Waals surface area contributed by atoms with Crippen molar-refractivity contribution < 1.29 is 19.1 Å². The Morgan fingerprint density at radius 3 is 2.47 bits per heavy atom. The molecule has 5 rings (SSSR count). The van der Waals surface area contributed by atoms with Crippen LogP contribution in [-0.4, -0.2) is 28.6 Å². The molecular weight excluding hydrogens is 454 g/mol. The number of hydrogen-bond acceptors (Lipinski definition) is 3. The van der Waals surface area contributed by atoms with E-state index >= 15 is 0 Å². The van der Waals surface area contributed by atoms with Gasteiger partial charge in [-0.15, -0.1) is 0 Å². The minimum Gasteiger partial charge on any atom is -0.480 e. The van der Waals surface area contributed by atoms with E-state index < -0.39 is 34.7 Å². The number of benzene rings is 2. The fraction of sp³-hybridized carbons (Fsp3) is 0.417. The van der Waals surface area contributed by atoms with Gasteiger partial charge in [-0.25, -0.2) is 4.39 Å². The van der Waals surface area contributed by atoms with Gasteiger partial charge in [0.1, 0.15) is 17.3 Å². The third kappa shape index (κ3) is 2.72. The Labute approximate surface area is 195 Å². The maximum absolute atomic E-state index is 14.4. The molecule has 5 atom stereocenters. The van der Waals surface area contributed by atoms with E-state index in [1.807, 2.05) is 0 Å². The van der Waals surface area contributed by atoms with E-state index in [2.05, 4.69) is 31.4 Å². The van der Waals surface area contributed by atoms with Gasteiger partial charge in [-0.05, 0) is 59.2 Å². The zero-order valence-corrected chi connectivity index (χ0v) is 19.3. The maximum Gasteiger partial charge on any atom is 0.321 e. The number of carbonyl (C=O) groups is 2. The van der Waals surface area contributed by atoms with Gasteiger partial charge in [0.25, 0.3) is 0 Å². The molecule has 3 aliphatic rings. The van der Waals surface area contributed by atoms with Crippen molar-refractivity contribution in [2.45, 2.75) is 50.1 Å². The largest absolute Gasteiger partial charge is 0.480 e. The summed E-state index contributed by atoms with van der Waals surface area (Å²) in [4.78, 5) is 26.4. The van der Waals surface area contributed by atoms with Crippen LogP contribution in [0.1, 0.15) is 44.2 Å². The van der Waals surface area contributed by atoms with Crippen LogP contribution in [0.25, 0.3) is 0 Å². The molecule has 2 fully saturated rings. The lowest BCUT2D eigenvalue weighted by Gasteiger charge is -2.37. The Morgan fingerprint density at radius 2 is 1.88 bits per heavy atom. The number of anilines is 1. The van der Waals surface area contributed by atoms with Gasteiger partial charge in [-0.3, -0.25) is 14.9 Å². The molecule has 1 saturated carbocycles. The molecule has 1 amide bonds. The molecule has 5 nitrogen and oxygen atoms in total. The molecule has 3 N–H and O–H groups in total. The standard InChI is InChI=1S/C24H23Cl2FN2O3/c1-22(2,3)17-10-23(17)24(15-5-4-12(25)9-16(15)28-21(24)32)18(19(29-23)20(30)31)11-6-13(26)8-14(27)7-11/h4-9,17-19,29H,10H2,1-3H3,(H,28,32)(H,30,31)/t17?,18-,19+,23-,24+/m0/s1. The summed E-state index contributed by atoms with van der Waals surface area (Å²) in [5, 5.41) is 17.1. The Morgan fingerprint density at radius 1 is 1.16 bits per heavy atom. The van der Waals surface area contributed by atoms with Gasteiger partial charge in [0.15, 0.2) is 0 Å². The number of fused-ring (bicyclic) bond motifs is 3. The normalized spacial score (nSPS) is 32.9. The summed E-state index contributed by atoms with van der Waals surface area (Å²) in [6, 6.07) is 8.07. The van der Waals surface area contributed by atoms with Crippen LogP contribution in [-0.2, 0) is 15.0 Å². The van der Waals surface area contributed by atoms with Gasteiger partial charge in [-0.2, -0.15) is 0 Å². The first kappa shape index (κ1) is 21.7. The second kappa shape index (κ2) is 6.69. The van der Waals surface area contributed by atoms with E-state index in [-0.39, 0.29) is 22.3 Å². The summed E-state index contributed by atoms with van der Waals surface area (Å²) in [5.41, 5.74) is -0.634. The summed E-state index contributed by atoms with van der Waals surface area (Å²) in [5.74, 6) is -2.82. The van der Waals surface area contributed by atoms with Crippen LogP contribution in [0.2, 0.25) is 10.0 Å². The van der Waals surface area contributed by atoms with Gasteiger partial charge in [0.2, 0.25) is 5.91 Å². The molecule has 2 heterocycles. The van der Waals surface area contributed by atoms with Crippen LogP contribution >= 0.6 is 23.2 Å². The van der Waals surface area contributed by atoms with E-state index in [1.54, 1.807) is 24.3 Å². The van der Waals surface area contributed by atoms with E-state index in [0.717, 1.165) is 0 Å². The molecule has 2 aliphatic heterocycles. The lowest BCUT2D eigenvalue weighted by Crippen LogP contribution is -2.52. The van der Waals surface area contributed by atoms with Gasteiger partial charge in [-0.1, -0.05) is 50.0 Å². The van der Waals surface area contributed by atoms with Crippen molar-refractivity contribution in [1.82, 2.24) is 5.32 Å². The predicted molar refractivity (Wildman–Crippen MR) is 121 cm³/mol. The summed E-state index contributed by atoms with van der Waals surface area (Å²) >= 11 is 12.4. The van der Waals surface area contributed by atoms with Crippen LogP contribution < -0.4 is 10.6 Å². The van der Waals surface area contributed by atoms with Crippen LogP contribution in [0.15, 0.2) is 36.4 Å². The fourth-order valence-electron chi connectivity index (χ4n) is 6.37. The highest BCUT2D eigenvalue weighted by Gasteiger charge is 2.81. The first-order chi connectivity index (χ1) is 14.9. The highest BCUT2D eigenvalue weighted by atomic mass is 35.5. The Bertz CT molecular complexity index is 1160. The minimum atomic E-state index is -1.26. The Kier molecular flexibility index (Phi) is 4.53. The highest BCUT2D eigenvalue weighted by molar-refractivity contribution is 6.31. The van der Waals surface area contributed by atoms with Gasteiger partial charge < -0.3 is 10.4 Å². The zero-order valence-electron chi connectivity index (χ0n) is 17.8. The van der Waals surface area contributed by atoms with Crippen molar-refractivity contribution in [3.8, 4) is 0 Å². The summed E-state index contributed by atoms with van der Waals surface area (Å²) in [7, 11) is 0. The van der Waals surface area contributed by atoms with E-state index in [0.29, 0.717) is 28.3 Å². The number of carboxylic acids is 1. The third-order valence-corrected chi connectivity index (χ3v) is 7.90. The van der Waals surface area contributed by atoms with Gasteiger partial charge in [0.05, 0.1) is 0 Å². The number of aliphatic carboxylic acids is 1. The number of halogens is 3. The monoisotopic (exact) mass is 476 g/mol. The number of carboxylic acid groups (broad SMARTS) is 1. The first-order valence-electron chi connectivity index (χ1n) is 10.5. The maximum atomic E-state index is 14.4. The molecule has 8 heteroatoms. The van der Waals surface area contributed by atoms with E-state index in [1.165, 1.54) is 12.1 Å². The van der Waals surface area contributed by atoms with Crippen molar-refractivity contribution in [3.05, 3.63) is 63.4 Å². The number of amides is 1. The lowest BCUT2D eigenvalue weighted by atomic mass is 9.62. The van der Waals surface area contributed by atoms with Crippen molar-refractivity contribution >= 4 is 40.8 Å². The minimum absolute atomic E-state index is 0.0262. The average Bonchev–Trinajstić information content (AvgIpc) is 3.22. The Hall–Kier alpha value is -2.15. The van der Waals surface area contributed by atoms with Crippen molar-refractivity contribution in [1.29, 1.82) is 0 Å². The molecule has 2 aromatic rings. The number of nitrogens with one attached hydrogen (secondary N) is 2. The molecule has 1 unspecified atom stereocenters. The van der Waals surface area contributed by atoms with Crippen molar-refractivity contribution in [2.24, 2.45) is 11.3 Å². The lowest BCUT2D eigenvalue weighted by molar-refractivity contribution is -0.139. The average molecular weight is 477 g/mol. The van der Waals surface area contributed by atoms with Crippen LogP contribution in [0, 0.1) is 17.2 Å². The molecule has 0 bridgehead atoms. The first-order valence-corrected chi connectivity index (χ1v) is 11.3. The molecular formula is C24H23Cl2FN2O3. The SMILES string of the molecule is CC(C)(C)C1C[C@]12N[C@@H](C(=O)O)[C@H](c1cc(F)cc(Cl)c1)[C@]21C(=O)Nc2cc(Cl)ccc21. The van der Waals surface area contributed by atoms with Crippen LogP contribution in [0.5, 0.6) is 0 Å². The van der Waals surface area contributed by atoms with Gasteiger partial charge >= 0.3 is 5.97 Å². The second-order valence-electron chi connectivity index (χ2n) is 10.2. The van der Waals surface area contributed by atoms with Crippen LogP contribution in [0.3, 0.4) is 0 Å². The summed E-state index contributed by atoms with van der Waals surface area (Å²) < 4.78 is 14.4. The summed E-state index contributed by atoms with van der Waals surface area (Å²) in [6.45, 7) is 6.25. The van der Waals surface area contributed by atoms with Crippen LogP contribution in [0.4, 0.5) is 10.1 Å². The number of hydrogen-bond donors (Lipinski definition) is 3. The fourth-order valence-corrected chi connectivity index (χ4v) is 6.77. The second-order valence-corrected chi connectivity index (χ2v) is 11.1. The summed E-state index contributed by atoms with van der Waals surface area (Å²) in [6.07, 6.45) is 0.620. The predicted octanol–water partition coefficient (Wildman–Crippen LogP) is 4.97. The molecule has 1 saturated heterocycles. The van der Waals surface area contributed by atoms with Gasteiger partial charge in [0, 0.05) is 27.2 Å². The molecule has 168 valence electrons. The molecule has 2 aromatic carbocycles. The van der Waals surface area contributed by atoms with Crippen molar-refractivity contribution in [2.75, 3.05) is 5.32 Å².